The Morgan fingerprint density at radius 2 is 1.82 bits per heavy atom. The van der Waals surface area contributed by atoms with Gasteiger partial charge in [-0.15, -0.1) is 0 Å². The van der Waals surface area contributed by atoms with Crippen LogP contribution in [0.5, 0.6) is 0 Å². The number of ether oxygens (including phenoxy) is 1. The van der Waals surface area contributed by atoms with Crippen molar-refractivity contribution in [2.75, 3.05) is 31.6 Å². The van der Waals surface area contributed by atoms with Crippen LogP contribution in [0.15, 0.2) is 65.6 Å². The van der Waals surface area contributed by atoms with Crippen molar-refractivity contribution in [3.05, 3.63) is 88.1 Å². The molecule has 0 radical (unpaired) electrons. The van der Waals surface area contributed by atoms with Gasteiger partial charge in [0.2, 0.25) is 5.95 Å². The molecule has 2 aliphatic rings. The number of aryl methyl sites for hydroxylation is 1. The van der Waals surface area contributed by atoms with Crippen LogP contribution in [-0.4, -0.2) is 57.7 Å². The number of nitrogens with one attached hydrogen (secondary N) is 1. The van der Waals surface area contributed by atoms with Crippen molar-refractivity contribution in [3.63, 3.8) is 0 Å². The van der Waals surface area contributed by atoms with Crippen LogP contribution in [0.25, 0.3) is 22.2 Å². The van der Waals surface area contributed by atoms with Crippen LogP contribution in [0, 0.1) is 12.7 Å². The molecule has 0 aliphatic carbocycles. The first-order valence-electron chi connectivity index (χ1n) is 13.4. The van der Waals surface area contributed by atoms with E-state index in [0.29, 0.717) is 49.0 Å². The molecule has 2 aliphatic heterocycles. The Bertz CT molecular complexity index is 1570. The lowest BCUT2D eigenvalue weighted by atomic mass is 10.0. The minimum absolute atomic E-state index is 0.0791. The van der Waals surface area contributed by atoms with E-state index in [1.807, 2.05) is 37.3 Å². The van der Waals surface area contributed by atoms with Crippen LogP contribution in [0.2, 0.25) is 0 Å². The number of likely N-dealkylation sites (tertiary alicyclic amines) is 1. The number of anilines is 1. The molecule has 200 valence electrons. The zero-order chi connectivity index (χ0) is 26.9. The van der Waals surface area contributed by atoms with E-state index in [1.54, 1.807) is 15.7 Å². The summed E-state index contributed by atoms with van der Waals surface area (Å²) in [6.07, 6.45) is 3.97. The third kappa shape index (κ3) is 5.02. The van der Waals surface area contributed by atoms with Gasteiger partial charge in [0, 0.05) is 48.4 Å². The van der Waals surface area contributed by atoms with Gasteiger partial charge in [0.15, 0.2) is 0 Å². The number of pyridine rings is 1. The SMILES string of the molecule is Cc1ccccc1-c1cc2cnc(NC3CCN(C(=O)c4ccc(F)cc4)CC3)nc2n([C@@H]2CCOC2)c1=O. The Balaban J connectivity index is 1.25. The predicted octanol–water partition coefficient (Wildman–Crippen LogP) is 4.58. The van der Waals surface area contributed by atoms with Crippen LogP contribution in [-0.2, 0) is 4.74 Å². The zero-order valence-corrected chi connectivity index (χ0v) is 21.8. The molecular weight excluding hydrogens is 497 g/mol. The molecule has 1 amide bonds. The van der Waals surface area contributed by atoms with Gasteiger partial charge in [-0.1, -0.05) is 24.3 Å². The minimum atomic E-state index is -0.359. The second-order valence-corrected chi connectivity index (χ2v) is 10.3. The Labute approximate surface area is 225 Å². The molecule has 0 bridgehead atoms. The second kappa shape index (κ2) is 10.6. The van der Waals surface area contributed by atoms with Crippen LogP contribution >= 0.6 is 0 Å². The molecule has 6 rings (SSSR count). The highest BCUT2D eigenvalue weighted by atomic mass is 19.1. The maximum atomic E-state index is 13.8. The number of carbonyl (C=O) groups is 1. The molecule has 0 spiro atoms. The van der Waals surface area contributed by atoms with Gasteiger partial charge in [-0.05, 0) is 67.6 Å². The van der Waals surface area contributed by atoms with Gasteiger partial charge in [0.05, 0.1) is 12.6 Å². The number of piperidine rings is 1. The molecule has 2 aromatic heterocycles. The fourth-order valence-corrected chi connectivity index (χ4v) is 5.51. The largest absolute Gasteiger partial charge is 0.379 e. The summed E-state index contributed by atoms with van der Waals surface area (Å²) in [4.78, 5) is 37.8. The Hall–Kier alpha value is -4.11. The second-order valence-electron chi connectivity index (χ2n) is 10.3. The summed E-state index contributed by atoms with van der Waals surface area (Å²) in [5, 5.41) is 4.21. The lowest BCUT2D eigenvalue weighted by Crippen LogP contribution is -2.42. The number of hydrogen-bond donors (Lipinski definition) is 1. The minimum Gasteiger partial charge on any atom is -0.379 e. The van der Waals surface area contributed by atoms with Crippen molar-refractivity contribution < 1.29 is 13.9 Å². The highest BCUT2D eigenvalue weighted by Gasteiger charge is 2.26. The molecule has 1 N–H and O–H groups in total. The number of rotatable bonds is 5. The first-order valence-corrected chi connectivity index (χ1v) is 13.4. The van der Waals surface area contributed by atoms with E-state index in [4.69, 9.17) is 9.72 Å². The van der Waals surface area contributed by atoms with E-state index >= 15 is 0 Å². The van der Waals surface area contributed by atoms with E-state index in [2.05, 4.69) is 10.3 Å². The topological polar surface area (TPSA) is 89.3 Å². The van der Waals surface area contributed by atoms with Gasteiger partial charge in [0.25, 0.3) is 11.5 Å². The van der Waals surface area contributed by atoms with Crippen molar-refractivity contribution in [1.29, 1.82) is 0 Å². The summed E-state index contributed by atoms with van der Waals surface area (Å²) in [6, 6.07) is 15.4. The quantitative estimate of drug-likeness (QED) is 0.409. The maximum absolute atomic E-state index is 13.8. The van der Waals surface area contributed by atoms with Crippen molar-refractivity contribution in [3.8, 4) is 11.1 Å². The Morgan fingerprint density at radius 1 is 1.05 bits per heavy atom. The number of hydrogen-bond acceptors (Lipinski definition) is 6. The van der Waals surface area contributed by atoms with E-state index in [0.717, 1.165) is 35.8 Å². The summed E-state index contributed by atoms with van der Waals surface area (Å²) in [6.45, 7) is 4.24. The molecule has 9 heteroatoms. The van der Waals surface area contributed by atoms with E-state index < -0.39 is 0 Å². The average Bonchev–Trinajstić information content (AvgIpc) is 3.48. The molecule has 0 saturated carbocycles. The van der Waals surface area contributed by atoms with Crippen LogP contribution in [0.3, 0.4) is 0 Å². The molecule has 2 saturated heterocycles. The number of fused-ring (bicyclic) bond motifs is 1. The van der Waals surface area contributed by atoms with Gasteiger partial charge < -0.3 is 15.0 Å². The Kier molecular flexibility index (Phi) is 6.83. The predicted molar refractivity (Wildman–Crippen MR) is 147 cm³/mol. The van der Waals surface area contributed by atoms with E-state index in [9.17, 15) is 14.0 Å². The summed E-state index contributed by atoms with van der Waals surface area (Å²) in [7, 11) is 0. The maximum Gasteiger partial charge on any atom is 0.260 e. The third-order valence-corrected chi connectivity index (χ3v) is 7.69. The zero-order valence-electron chi connectivity index (χ0n) is 21.8. The van der Waals surface area contributed by atoms with Gasteiger partial charge in [-0.25, -0.2) is 9.37 Å². The molecule has 0 unspecified atom stereocenters. The lowest BCUT2D eigenvalue weighted by Gasteiger charge is -2.32. The van der Waals surface area contributed by atoms with Crippen LogP contribution in [0.1, 0.15) is 41.2 Å². The summed E-state index contributed by atoms with van der Waals surface area (Å²) >= 11 is 0. The molecule has 1 atom stereocenters. The van der Waals surface area contributed by atoms with E-state index in [-0.39, 0.29) is 29.4 Å². The highest BCUT2D eigenvalue weighted by molar-refractivity contribution is 5.94. The first kappa shape index (κ1) is 25.2. The molecule has 2 aromatic carbocycles. The van der Waals surface area contributed by atoms with Gasteiger partial charge >= 0.3 is 0 Å². The third-order valence-electron chi connectivity index (χ3n) is 7.69. The number of halogens is 1. The van der Waals surface area contributed by atoms with Crippen molar-refractivity contribution in [2.45, 2.75) is 38.3 Å². The summed E-state index contributed by atoms with van der Waals surface area (Å²) in [5.41, 5.74) is 3.57. The number of aromatic nitrogens is 3. The fourth-order valence-electron chi connectivity index (χ4n) is 5.51. The molecule has 8 nitrogen and oxygen atoms in total. The molecule has 39 heavy (non-hydrogen) atoms. The van der Waals surface area contributed by atoms with Gasteiger partial charge in [-0.2, -0.15) is 4.98 Å². The van der Waals surface area contributed by atoms with Gasteiger partial charge in [-0.3, -0.25) is 14.2 Å². The normalized spacial score (nSPS) is 18.0. The number of benzene rings is 2. The highest BCUT2D eigenvalue weighted by Crippen LogP contribution is 2.28. The monoisotopic (exact) mass is 527 g/mol. The van der Waals surface area contributed by atoms with E-state index in [1.165, 1.54) is 24.3 Å². The fraction of sp³-hybridized carbons (Fsp3) is 0.333. The molecular formula is C30H30FN5O3. The number of carbonyl (C=O) groups excluding carboxylic acids is 1. The number of nitrogens with zero attached hydrogens (tertiary/aromatic N) is 4. The lowest BCUT2D eigenvalue weighted by molar-refractivity contribution is 0.0718. The van der Waals surface area contributed by atoms with Crippen molar-refractivity contribution in [2.24, 2.45) is 0 Å². The first-order chi connectivity index (χ1) is 19.0. The Morgan fingerprint density at radius 3 is 2.54 bits per heavy atom. The van der Waals surface area contributed by atoms with Gasteiger partial charge in [0.1, 0.15) is 11.5 Å². The summed E-state index contributed by atoms with van der Waals surface area (Å²) in [5.74, 6) is 0.00584. The number of amides is 1. The van der Waals surface area contributed by atoms with Crippen molar-refractivity contribution >= 4 is 22.9 Å². The van der Waals surface area contributed by atoms with Crippen LogP contribution in [0.4, 0.5) is 10.3 Å². The summed E-state index contributed by atoms with van der Waals surface area (Å²) < 4.78 is 20.6. The molecule has 4 aromatic rings. The van der Waals surface area contributed by atoms with Crippen LogP contribution < -0.4 is 10.9 Å². The molecule has 4 heterocycles. The smallest absolute Gasteiger partial charge is 0.260 e. The average molecular weight is 528 g/mol. The standard InChI is InChI=1S/C30H30FN5O3/c1-19-4-2-3-5-25(19)26-16-21-17-32-30(34-27(21)36(29(26)38)24-12-15-39-18-24)33-23-10-13-35(14-11-23)28(37)20-6-8-22(31)9-7-20/h2-9,16-17,23-24H,10-15,18H2,1H3,(H,32,33,34)/t24-/m1/s1. The van der Waals surface area contributed by atoms with Crippen molar-refractivity contribution in [1.82, 2.24) is 19.4 Å². The molecule has 2 fully saturated rings.